The molecule has 1 aromatic carbocycles. The minimum Gasteiger partial charge on any atom is -0.379 e. The summed E-state index contributed by atoms with van der Waals surface area (Å²) in [6, 6.07) is 3.10. The van der Waals surface area contributed by atoms with E-state index in [0.29, 0.717) is 31.9 Å². The minimum absolute atomic E-state index is 0.257. The van der Waals surface area contributed by atoms with Crippen LogP contribution in [0.1, 0.15) is 5.56 Å². The van der Waals surface area contributed by atoms with Crippen molar-refractivity contribution < 1.29 is 26.0 Å². The van der Waals surface area contributed by atoms with E-state index in [1.807, 2.05) is 0 Å². The molecule has 0 saturated carbocycles. The molecule has 3 rings (SSSR count). The van der Waals surface area contributed by atoms with Crippen molar-refractivity contribution in [2.45, 2.75) is 23.1 Å². The third-order valence-corrected chi connectivity index (χ3v) is 9.19. The molecule has 0 spiro atoms. The number of hydrogen-bond donors (Lipinski definition) is 1. The lowest BCUT2D eigenvalue weighted by Gasteiger charge is -2.27. The molecule has 2 aliphatic heterocycles. The summed E-state index contributed by atoms with van der Waals surface area (Å²) in [4.78, 5) is 1.74. The summed E-state index contributed by atoms with van der Waals surface area (Å²) < 4.78 is 69.7. The number of hydrogen-bond acceptors (Lipinski definition) is 7. The molecule has 0 amide bonds. The second-order valence-corrected chi connectivity index (χ2v) is 11.4. The lowest BCUT2D eigenvalue weighted by molar-refractivity contribution is 0.0382. The number of morpholine rings is 1. The lowest BCUT2D eigenvalue weighted by Crippen LogP contribution is -2.47. The van der Waals surface area contributed by atoms with Crippen molar-refractivity contribution in [3.8, 4) is 0 Å². The molecule has 7 nitrogen and oxygen atoms in total. The molecule has 27 heavy (non-hydrogen) atoms. The molecule has 0 aliphatic carbocycles. The van der Waals surface area contributed by atoms with Crippen LogP contribution < -0.4 is 5.32 Å². The normalized spacial score (nSPS) is 26.3. The van der Waals surface area contributed by atoms with Crippen LogP contribution in [0, 0.1) is 12.7 Å². The van der Waals surface area contributed by atoms with Gasteiger partial charge in [0.15, 0.2) is 19.7 Å². The molecule has 2 heterocycles. The molecule has 10 heteroatoms. The number of nitrogens with zero attached hydrogens (tertiary/aromatic N) is 1. The Labute approximate surface area is 159 Å². The van der Waals surface area contributed by atoms with Gasteiger partial charge >= 0.3 is 0 Å². The highest BCUT2D eigenvalue weighted by molar-refractivity contribution is 7.96. The molecule has 0 aromatic heterocycles. The zero-order valence-corrected chi connectivity index (χ0v) is 16.9. The molecule has 152 valence electrons. The smallest absolute Gasteiger partial charge is 0.186 e. The summed E-state index contributed by atoms with van der Waals surface area (Å²) in [6.45, 7) is 5.69. The Balaban J connectivity index is 1.75. The maximum Gasteiger partial charge on any atom is 0.186 e. The summed E-state index contributed by atoms with van der Waals surface area (Å²) in [5.74, 6) is -1.59. The molecule has 1 aromatic rings. The number of halogens is 1. The van der Waals surface area contributed by atoms with Crippen LogP contribution in [0.15, 0.2) is 23.1 Å². The summed E-state index contributed by atoms with van der Waals surface area (Å²) in [6.07, 6.45) is 0. The van der Waals surface area contributed by atoms with E-state index in [9.17, 15) is 21.2 Å². The third kappa shape index (κ3) is 4.86. The second kappa shape index (κ2) is 8.12. The van der Waals surface area contributed by atoms with Crippen LogP contribution in [0.5, 0.6) is 0 Å². The number of benzene rings is 1. The second-order valence-electron chi connectivity index (χ2n) is 7.11. The fourth-order valence-corrected chi connectivity index (χ4v) is 8.40. The van der Waals surface area contributed by atoms with Crippen molar-refractivity contribution in [1.29, 1.82) is 0 Å². The molecular weight excluding hydrogens is 395 g/mol. The topological polar surface area (TPSA) is 92.8 Å². The Bertz CT molecular complexity index is 883. The van der Waals surface area contributed by atoms with E-state index in [1.54, 1.807) is 6.92 Å². The van der Waals surface area contributed by atoms with Crippen LogP contribution in [0.25, 0.3) is 0 Å². The molecule has 0 unspecified atom stereocenters. The molecule has 0 bridgehead atoms. The largest absolute Gasteiger partial charge is 0.379 e. The van der Waals surface area contributed by atoms with Gasteiger partial charge in [0, 0.05) is 32.2 Å². The zero-order chi connectivity index (χ0) is 19.7. The zero-order valence-electron chi connectivity index (χ0n) is 15.2. The SMILES string of the molecule is Cc1ccc(F)c(S(=O)(=O)[C@H]2CS(=O)(=O)C[C@@H]2NCCN2CCOCC2)c1. The van der Waals surface area contributed by atoms with Gasteiger partial charge in [-0.05, 0) is 24.6 Å². The summed E-state index contributed by atoms with van der Waals surface area (Å²) in [5.41, 5.74) is 0.604. The Morgan fingerprint density at radius 2 is 1.96 bits per heavy atom. The Kier molecular flexibility index (Phi) is 6.21. The highest BCUT2D eigenvalue weighted by Crippen LogP contribution is 2.28. The molecule has 2 atom stereocenters. The van der Waals surface area contributed by atoms with E-state index in [0.717, 1.165) is 19.2 Å². The molecule has 1 N–H and O–H groups in total. The Morgan fingerprint density at radius 3 is 2.67 bits per heavy atom. The average molecular weight is 421 g/mol. The first-order valence-corrected chi connectivity index (χ1v) is 12.3. The predicted octanol–water partition coefficient (Wildman–Crippen LogP) is -0.00478. The van der Waals surface area contributed by atoms with E-state index >= 15 is 0 Å². The van der Waals surface area contributed by atoms with Gasteiger partial charge in [-0.2, -0.15) is 0 Å². The van der Waals surface area contributed by atoms with Gasteiger partial charge < -0.3 is 10.1 Å². The number of aryl methyl sites for hydroxylation is 1. The molecule has 2 fully saturated rings. The summed E-state index contributed by atoms with van der Waals surface area (Å²) in [5, 5.41) is 1.89. The van der Waals surface area contributed by atoms with E-state index in [4.69, 9.17) is 4.74 Å². The van der Waals surface area contributed by atoms with Gasteiger partial charge in [-0.3, -0.25) is 4.90 Å². The molecule has 0 radical (unpaired) electrons. The molecule has 2 saturated heterocycles. The van der Waals surface area contributed by atoms with E-state index in [2.05, 4.69) is 10.2 Å². The first-order chi connectivity index (χ1) is 12.7. The van der Waals surface area contributed by atoms with Crippen LogP contribution in [0.2, 0.25) is 0 Å². The fraction of sp³-hybridized carbons (Fsp3) is 0.647. The molecule has 2 aliphatic rings. The summed E-state index contributed by atoms with van der Waals surface area (Å²) >= 11 is 0. The maximum atomic E-state index is 14.2. The fourth-order valence-electron chi connectivity index (χ4n) is 3.54. The number of rotatable bonds is 6. The summed E-state index contributed by atoms with van der Waals surface area (Å²) in [7, 11) is -7.63. The minimum atomic E-state index is -4.12. The van der Waals surface area contributed by atoms with Crippen LogP contribution in [0.4, 0.5) is 4.39 Å². The van der Waals surface area contributed by atoms with Gasteiger partial charge in [0.25, 0.3) is 0 Å². The van der Waals surface area contributed by atoms with Crippen LogP contribution >= 0.6 is 0 Å². The van der Waals surface area contributed by atoms with Crippen molar-refractivity contribution in [2.75, 3.05) is 50.9 Å². The van der Waals surface area contributed by atoms with Gasteiger partial charge in [-0.15, -0.1) is 0 Å². The maximum absolute atomic E-state index is 14.2. The van der Waals surface area contributed by atoms with E-state index in [1.165, 1.54) is 12.1 Å². The number of sulfone groups is 2. The molecular formula is C17H25FN2O5S2. The van der Waals surface area contributed by atoms with Gasteiger partial charge in [-0.1, -0.05) is 6.07 Å². The van der Waals surface area contributed by atoms with Crippen LogP contribution in [-0.4, -0.2) is 83.9 Å². The monoisotopic (exact) mass is 420 g/mol. The van der Waals surface area contributed by atoms with Crippen molar-refractivity contribution in [3.63, 3.8) is 0 Å². The van der Waals surface area contributed by atoms with E-state index < -0.39 is 47.4 Å². The number of nitrogens with one attached hydrogen (secondary N) is 1. The van der Waals surface area contributed by atoms with Crippen molar-refractivity contribution >= 4 is 19.7 Å². The van der Waals surface area contributed by atoms with Crippen molar-refractivity contribution in [1.82, 2.24) is 10.2 Å². The Hall–Kier alpha value is -1.07. The number of ether oxygens (including phenoxy) is 1. The van der Waals surface area contributed by atoms with Crippen molar-refractivity contribution in [2.24, 2.45) is 0 Å². The standard InChI is InChI=1S/C17H25FN2O5S2/c1-13-2-3-14(18)16(10-13)27(23,24)17-12-26(21,22)11-15(17)19-4-5-20-6-8-25-9-7-20/h2-3,10,15,17,19H,4-9,11-12H2,1H3/t15-,17-/m0/s1. The average Bonchev–Trinajstić information content (AvgIpc) is 2.93. The lowest BCUT2D eigenvalue weighted by atomic mass is 10.2. The van der Waals surface area contributed by atoms with Gasteiger partial charge in [0.05, 0.1) is 30.0 Å². The van der Waals surface area contributed by atoms with Crippen LogP contribution in [-0.2, 0) is 24.4 Å². The van der Waals surface area contributed by atoms with Crippen molar-refractivity contribution in [3.05, 3.63) is 29.6 Å². The quantitative estimate of drug-likeness (QED) is 0.692. The highest BCUT2D eigenvalue weighted by atomic mass is 32.2. The van der Waals surface area contributed by atoms with Crippen LogP contribution in [0.3, 0.4) is 0 Å². The highest BCUT2D eigenvalue weighted by Gasteiger charge is 2.46. The Morgan fingerprint density at radius 1 is 1.26 bits per heavy atom. The predicted molar refractivity (Wildman–Crippen MR) is 99.8 cm³/mol. The van der Waals surface area contributed by atoms with E-state index in [-0.39, 0.29) is 5.75 Å². The van der Waals surface area contributed by atoms with Gasteiger partial charge in [0.2, 0.25) is 0 Å². The van der Waals surface area contributed by atoms with Gasteiger partial charge in [0.1, 0.15) is 10.7 Å². The van der Waals surface area contributed by atoms with Gasteiger partial charge in [-0.25, -0.2) is 21.2 Å². The third-order valence-electron chi connectivity index (χ3n) is 5.03. The first kappa shape index (κ1) is 20.7. The first-order valence-electron chi connectivity index (χ1n) is 8.93.